The van der Waals surface area contributed by atoms with Crippen LogP contribution in [0.4, 0.5) is 0 Å². The van der Waals surface area contributed by atoms with Crippen LogP contribution in [0, 0.1) is 0 Å². The molecule has 0 saturated carbocycles. The van der Waals surface area contributed by atoms with Crippen LogP contribution in [0.1, 0.15) is 35.7 Å². The molecule has 1 unspecified atom stereocenters. The lowest BCUT2D eigenvalue weighted by Gasteiger charge is -2.36. The summed E-state index contributed by atoms with van der Waals surface area (Å²) in [4.78, 5) is 0. The lowest BCUT2D eigenvalue weighted by Crippen LogP contribution is -2.38. The Kier molecular flexibility index (Phi) is 6.60. The second-order valence-corrected chi connectivity index (χ2v) is 7.75. The standard InChI is InChI=1S/C27H29N3O/c1-2-26(31)21-28-20-25-18-19-30(29-25)27(22-12-6-3-7-13-22,23-14-8-4-9-15-23)24-16-10-5-11-17-24/h3-19,26,28,31H,2,20-21H2,1H3. The van der Waals surface area contributed by atoms with Crippen LogP contribution in [0.2, 0.25) is 0 Å². The van der Waals surface area contributed by atoms with E-state index >= 15 is 0 Å². The molecular formula is C27H29N3O. The Labute approximate surface area is 184 Å². The predicted octanol–water partition coefficient (Wildman–Crippen LogP) is 4.58. The Hall–Kier alpha value is -3.21. The summed E-state index contributed by atoms with van der Waals surface area (Å²) in [6.45, 7) is 3.15. The highest BCUT2D eigenvalue weighted by Crippen LogP contribution is 2.40. The lowest BCUT2D eigenvalue weighted by molar-refractivity contribution is 0.167. The second kappa shape index (κ2) is 9.73. The van der Waals surface area contributed by atoms with Gasteiger partial charge in [0.2, 0.25) is 0 Å². The Morgan fingerprint density at radius 3 is 1.74 bits per heavy atom. The molecular weight excluding hydrogens is 382 g/mol. The SMILES string of the molecule is CCC(O)CNCc1ccn(C(c2ccccc2)(c2ccccc2)c2ccccc2)n1. The van der Waals surface area contributed by atoms with Gasteiger partial charge in [-0.05, 0) is 29.2 Å². The normalized spacial score (nSPS) is 12.6. The van der Waals surface area contributed by atoms with Gasteiger partial charge >= 0.3 is 0 Å². The smallest absolute Gasteiger partial charge is 0.138 e. The van der Waals surface area contributed by atoms with E-state index in [2.05, 4.69) is 95.1 Å². The zero-order valence-corrected chi connectivity index (χ0v) is 17.9. The molecule has 0 aliphatic carbocycles. The van der Waals surface area contributed by atoms with Gasteiger partial charge < -0.3 is 10.4 Å². The quantitative estimate of drug-likeness (QED) is 0.396. The van der Waals surface area contributed by atoms with Crippen LogP contribution in [0.25, 0.3) is 0 Å². The van der Waals surface area contributed by atoms with E-state index in [-0.39, 0.29) is 6.10 Å². The molecule has 1 aromatic heterocycles. The van der Waals surface area contributed by atoms with Crippen LogP contribution in [0.3, 0.4) is 0 Å². The van der Waals surface area contributed by atoms with Gasteiger partial charge in [0, 0.05) is 19.3 Å². The third-order valence-electron chi connectivity index (χ3n) is 5.72. The summed E-state index contributed by atoms with van der Waals surface area (Å²) in [5, 5.41) is 18.1. The fraction of sp³-hybridized carbons (Fsp3) is 0.222. The minimum Gasteiger partial charge on any atom is -0.392 e. The Morgan fingerprint density at radius 1 is 0.806 bits per heavy atom. The Bertz CT molecular complexity index is 965. The van der Waals surface area contributed by atoms with Gasteiger partial charge in [-0.25, -0.2) is 0 Å². The van der Waals surface area contributed by atoms with Gasteiger partial charge in [-0.3, -0.25) is 4.68 Å². The van der Waals surface area contributed by atoms with Gasteiger partial charge in [0.05, 0.1) is 11.8 Å². The zero-order chi connectivity index (χ0) is 21.5. The molecule has 1 atom stereocenters. The first kappa shape index (κ1) is 21.0. The highest BCUT2D eigenvalue weighted by atomic mass is 16.3. The van der Waals surface area contributed by atoms with Crippen LogP contribution >= 0.6 is 0 Å². The summed E-state index contributed by atoms with van der Waals surface area (Å²) in [7, 11) is 0. The molecule has 2 N–H and O–H groups in total. The maximum atomic E-state index is 9.83. The van der Waals surface area contributed by atoms with E-state index in [1.165, 1.54) is 0 Å². The lowest BCUT2D eigenvalue weighted by atomic mass is 9.77. The molecule has 0 bridgehead atoms. The summed E-state index contributed by atoms with van der Waals surface area (Å²) < 4.78 is 2.07. The topological polar surface area (TPSA) is 50.1 Å². The summed E-state index contributed by atoms with van der Waals surface area (Å²) in [6, 6.07) is 33.6. The van der Waals surface area contributed by atoms with Gasteiger partial charge in [-0.15, -0.1) is 0 Å². The molecule has 0 saturated heterocycles. The van der Waals surface area contributed by atoms with Crippen molar-refractivity contribution in [1.82, 2.24) is 15.1 Å². The summed E-state index contributed by atoms with van der Waals surface area (Å²) in [5.74, 6) is 0. The third-order valence-corrected chi connectivity index (χ3v) is 5.72. The summed E-state index contributed by atoms with van der Waals surface area (Å²) in [5.41, 5.74) is 3.80. The number of nitrogens with zero attached hydrogens (tertiary/aromatic N) is 2. The highest BCUT2D eigenvalue weighted by Gasteiger charge is 2.39. The van der Waals surface area contributed by atoms with Crippen molar-refractivity contribution in [3.05, 3.63) is 126 Å². The first-order chi connectivity index (χ1) is 15.2. The minimum absolute atomic E-state index is 0.334. The van der Waals surface area contributed by atoms with Crippen LogP contribution in [0.15, 0.2) is 103 Å². The number of rotatable bonds is 9. The number of hydrogen-bond acceptors (Lipinski definition) is 3. The molecule has 0 spiro atoms. The van der Waals surface area contributed by atoms with E-state index in [0.717, 1.165) is 28.8 Å². The average Bonchev–Trinajstić information content (AvgIpc) is 3.30. The largest absolute Gasteiger partial charge is 0.392 e. The van der Waals surface area contributed by atoms with E-state index in [1.54, 1.807) is 0 Å². The van der Waals surface area contributed by atoms with Crippen LogP contribution < -0.4 is 5.32 Å². The first-order valence-corrected chi connectivity index (χ1v) is 10.9. The fourth-order valence-electron chi connectivity index (χ4n) is 4.09. The number of aliphatic hydroxyl groups excluding tert-OH is 1. The number of aliphatic hydroxyl groups is 1. The van der Waals surface area contributed by atoms with Crippen molar-refractivity contribution in [2.75, 3.05) is 6.54 Å². The minimum atomic E-state index is -0.592. The van der Waals surface area contributed by atoms with Gasteiger partial charge in [0.15, 0.2) is 0 Å². The molecule has 0 fully saturated rings. The van der Waals surface area contributed by atoms with Gasteiger partial charge in [0.25, 0.3) is 0 Å². The van der Waals surface area contributed by atoms with Gasteiger partial charge in [-0.1, -0.05) is 97.9 Å². The van der Waals surface area contributed by atoms with E-state index in [1.807, 2.05) is 25.1 Å². The molecule has 4 aromatic rings. The number of nitrogens with one attached hydrogen (secondary N) is 1. The molecule has 3 aromatic carbocycles. The fourth-order valence-corrected chi connectivity index (χ4v) is 4.09. The molecule has 4 heteroatoms. The molecule has 1 heterocycles. The predicted molar refractivity (Wildman–Crippen MR) is 125 cm³/mol. The Morgan fingerprint density at radius 2 is 1.29 bits per heavy atom. The van der Waals surface area contributed by atoms with Crippen LogP contribution in [-0.4, -0.2) is 27.5 Å². The second-order valence-electron chi connectivity index (χ2n) is 7.75. The summed E-state index contributed by atoms with van der Waals surface area (Å²) >= 11 is 0. The van der Waals surface area contributed by atoms with E-state index in [4.69, 9.17) is 5.10 Å². The number of hydrogen-bond donors (Lipinski definition) is 2. The van der Waals surface area contributed by atoms with Crippen LogP contribution in [-0.2, 0) is 12.1 Å². The van der Waals surface area contributed by atoms with Gasteiger partial charge in [-0.2, -0.15) is 5.10 Å². The van der Waals surface area contributed by atoms with Crippen molar-refractivity contribution in [2.45, 2.75) is 31.5 Å². The molecule has 0 aliphatic rings. The van der Waals surface area contributed by atoms with E-state index in [0.29, 0.717) is 13.1 Å². The first-order valence-electron chi connectivity index (χ1n) is 10.9. The van der Waals surface area contributed by atoms with Crippen molar-refractivity contribution >= 4 is 0 Å². The average molecular weight is 412 g/mol. The monoisotopic (exact) mass is 411 g/mol. The maximum Gasteiger partial charge on any atom is 0.138 e. The zero-order valence-electron chi connectivity index (χ0n) is 17.9. The van der Waals surface area contributed by atoms with E-state index in [9.17, 15) is 5.11 Å². The molecule has 31 heavy (non-hydrogen) atoms. The number of benzene rings is 3. The summed E-state index contributed by atoms with van der Waals surface area (Å²) in [6.07, 6.45) is 2.46. The number of aromatic nitrogens is 2. The van der Waals surface area contributed by atoms with Crippen molar-refractivity contribution in [2.24, 2.45) is 0 Å². The molecule has 0 aliphatic heterocycles. The third kappa shape index (κ3) is 4.31. The molecule has 4 rings (SSSR count). The molecule has 0 amide bonds. The van der Waals surface area contributed by atoms with Crippen molar-refractivity contribution in [3.63, 3.8) is 0 Å². The Balaban J connectivity index is 1.84. The molecule has 0 radical (unpaired) electrons. The highest BCUT2D eigenvalue weighted by molar-refractivity contribution is 5.50. The molecule has 158 valence electrons. The molecule has 4 nitrogen and oxygen atoms in total. The van der Waals surface area contributed by atoms with Crippen molar-refractivity contribution < 1.29 is 5.11 Å². The van der Waals surface area contributed by atoms with E-state index < -0.39 is 5.54 Å². The van der Waals surface area contributed by atoms with Crippen LogP contribution in [0.5, 0.6) is 0 Å². The maximum absolute atomic E-state index is 9.83. The van der Waals surface area contributed by atoms with Crippen molar-refractivity contribution in [1.29, 1.82) is 0 Å². The van der Waals surface area contributed by atoms with Gasteiger partial charge in [0.1, 0.15) is 5.54 Å². The van der Waals surface area contributed by atoms with Crippen molar-refractivity contribution in [3.8, 4) is 0 Å².